The summed E-state index contributed by atoms with van der Waals surface area (Å²) in [5.41, 5.74) is 1.13. The van der Waals surface area contributed by atoms with Gasteiger partial charge in [0.2, 0.25) is 5.95 Å². The second kappa shape index (κ2) is 5.22. The van der Waals surface area contributed by atoms with Crippen LogP contribution in [0.5, 0.6) is 0 Å². The molecule has 100 valence electrons. The second-order valence-electron chi connectivity index (χ2n) is 4.30. The number of aryl methyl sites for hydroxylation is 2. The van der Waals surface area contributed by atoms with E-state index in [9.17, 15) is 8.78 Å². The Morgan fingerprint density at radius 1 is 1.32 bits per heavy atom. The van der Waals surface area contributed by atoms with Crippen LogP contribution in [0.3, 0.4) is 0 Å². The van der Waals surface area contributed by atoms with E-state index in [2.05, 4.69) is 16.9 Å². The largest absolute Gasteiger partial charge is 0.352 e. The average Bonchev–Trinajstić information content (AvgIpc) is 2.72. The normalized spacial score (nSPS) is 10.5. The molecular formula is C14H15F2N3. The molecule has 1 aromatic carbocycles. The summed E-state index contributed by atoms with van der Waals surface area (Å²) >= 11 is 0. The van der Waals surface area contributed by atoms with Crippen LogP contribution >= 0.6 is 0 Å². The predicted octanol–water partition coefficient (Wildman–Crippen LogP) is 3.37. The quantitative estimate of drug-likeness (QED) is 0.857. The summed E-state index contributed by atoms with van der Waals surface area (Å²) in [5, 5.41) is 2.99. The molecule has 5 heteroatoms. The minimum atomic E-state index is -0.488. The minimum Gasteiger partial charge on any atom is -0.352 e. The van der Waals surface area contributed by atoms with Crippen molar-refractivity contribution in [3.8, 4) is 5.69 Å². The maximum absolute atomic E-state index is 14.0. The topological polar surface area (TPSA) is 29.9 Å². The SMILES string of the molecule is C=CCNc1nc(C)cn1-c1cc(F)c(C)cc1F. The van der Waals surface area contributed by atoms with E-state index in [-0.39, 0.29) is 11.3 Å². The third-order valence-corrected chi connectivity index (χ3v) is 2.72. The van der Waals surface area contributed by atoms with Crippen molar-refractivity contribution in [2.24, 2.45) is 0 Å². The summed E-state index contributed by atoms with van der Waals surface area (Å²) in [7, 11) is 0. The van der Waals surface area contributed by atoms with Crippen molar-refractivity contribution in [1.29, 1.82) is 0 Å². The summed E-state index contributed by atoms with van der Waals surface area (Å²) in [6.45, 7) is 7.40. The number of rotatable bonds is 4. The zero-order chi connectivity index (χ0) is 14.0. The van der Waals surface area contributed by atoms with E-state index in [0.717, 1.165) is 0 Å². The fourth-order valence-corrected chi connectivity index (χ4v) is 1.79. The molecular weight excluding hydrogens is 248 g/mol. The van der Waals surface area contributed by atoms with Crippen LogP contribution in [-0.4, -0.2) is 16.1 Å². The number of imidazole rings is 1. The summed E-state index contributed by atoms with van der Waals surface area (Å²) in [5.74, 6) is -0.477. The fraction of sp³-hybridized carbons (Fsp3) is 0.214. The maximum Gasteiger partial charge on any atom is 0.208 e. The van der Waals surface area contributed by atoms with Crippen molar-refractivity contribution in [2.75, 3.05) is 11.9 Å². The lowest BCUT2D eigenvalue weighted by Gasteiger charge is -2.10. The Kier molecular flexibility index (Phi) is 3.64. The van der Waals surface area contributed by atoms with Gasteiger partial charge in [-0.3, -0.25) is 4.57 Å². The van der Waals surface area contributed by atoms with Crippen LogP contribution in [0.25, 0.3) is 5.69 Å². The molecule has 0 aliphatic heterocycles. The van der Waals surface area contributed by atoms with Crippen molar-refractivity contribution in [3.05, 3.63) is 53.9 Å². The second-order valence-corrected chi connectivity index (χ2v) is 4.30. The molecule has 0 spiro atoms. The molecule has 1 N–H and O–H groups in total. The number of halogens is 2. The number of benzene rings is 1. The Hall–Kier alpha value is -2.17. The highest BCUT2D eigenvalue weighted by molar-refractivity contribution is 5.45. The predicted molar refractivity (Wildman–Crippen MR) is 71.6 cm³/mol. The number of nitrogens with zero attached hydrogens (tertiary/aromatic N) is 2. The lowest BCUT2D eigenvalue weighted by molar-refractivity contribution is 0.586. The van der Waals surface area contributed by atoms with Gasteiger partial charge in [-0.1, -0.05) is 6.08 Å². The molecule has 0 saturated carbocycles. The number of anilines is 1. The molecule has 1 aromatic heterocycles. The van der Waals surface area contributed by atoms with Gasteiger partial charge in [0, 0.05) is 18.8 Å². The molecule has 0 saturated heterocycles. The van der Waals surface area contributed by atoms with Gasteiger partial charge in [0.25, 0.3) is 0 Å². The first-order valence-corrected chi connectivity index (χ1v) is 5.89. The molecule has 0 amide bonds. The van der Waals surface area contributed by atoms with E-state index in [1.165, 1.54) is 23.6 Å². The van der Waals surface area contributed by atoms with Gasteiger partial charge >= 0.3 is 0 Å². The van der Waals surface area contributed by atoms with E-state index < -0.39 is 11.6 Å². The molecule has 3 nitrogen and oxygen atoms in total. The lowest BCUT2D eigenvalue weighted by Crippen LogP contribution is -2.07. The van der Waals surface area contributed by atoms with Gasteiger partial charge in [0.05, 0.1) is 11.4 Å². The zero-order valence-electron chi connectivity index (χ0n) is 10.9. The number of hydrogen-bond acceptors (Lipinski definition) is 2. The van der Waals surface area contributed by atoms with E-state index in [4.69, 9.17) is 0 Å². The Bertz CT molecular complexity index is 617. The first kappa shape index (κ1) is 13.3. The zero-order valence-corrected chi connectivity index (χ0v) is 10.9. The monoisotopic (exact) mass is 263 g/mol. The summed E-state index contributed by atoms with van der Waals surface area (Å²) < 4.78 is 29.1. The molecule has 0 aliphatic carbocycles. The Labute approximate surface area is 110 Å². The van der Waals surface area contributed by atoms with Crippen LogP contribution in [0.2, 0.25) is 0 Å². The van der Waals surface area contributed by atoms with Gasteiger partial charge in [0.1, 0.15) is 11.6 Å². The van der Waals surface area contributed by atoms with Crippen molar-refractivity contribution in [1.82, 2.24) is 9.55 Å². The fourth-order valence-electron chi connectivity index (χ4n) is 1.79. The smallest absolute Gasteiger partial charge is 0.208 e. The molecule has 0 aliphatic rings. The number of nitrogens with one attached hydrogen (secondary N) is 1. The standard InChI is InChI=1S/C14H15F2N3/c1-4-5-17-14-18-10(3)8-19(14)13-7-11(15)9(2)6-12(13)16/h4,6-8H,1,5H2,2-3H3,(H,17,18). The van der Waals surface area contributed by atoms with Crippen LogP contribution in [0, 0.1) is 25.5 Å². The highest BCUT2D eigenvalue weighted by Gasteiger charge is 2.13. The maximum atomic E-state index is 14.0. The van der Waals surface area contributed by atoms with Gasteiger partial charge in [-0.25, -0.2) is 13.8 Å². The third-order valence-electron chi connectivity index (χ3n) is 2.72. The first-order chi connectivity index (χ1) is 9.02. The van der Waals surface area contributed by atoms with Gasteiger partial charge in [-0.2, -0.15) is 0 Å². The van der Waals surface area contributed by atoms with E-state index >= 15 is 0 Å². The van der Waals surface area contributed by atoms with Crippen LogP contribution < -0.4 is 5.32 Å². The molecule has 1 heterocycles. The van der Waals surface area contributed by atoms with E-state index in [1.807, 2.05) is 0 Å². The van der Waals surface area contributed by atoms with Crippen LogP contribution in [0.1, 0.15) is 11.3 Å². The Morgan fingerprint density at radius 2 is 2.05 bits per heavy atom. The molecule has 0 bridgehead atoms. The number of aromatic nitrogens is 2. The van der Waals surface area contributed by atoms with Gasteiger partial charge < -0.3 is 5.32 Å². The van der Waals surface area contributed by atoms with Crippen molar-refractivity contribution in [3.63, 3.8) is 0 Å². The third kappa shape index (κ3) is 2.65. The van der Waals surface area contributed by atoms with Crippen molar-refractivity contribution in [2.45, 2.75) is 13.8 Å². The van der Waals surface area contributed by atoms with E-state index in [1.54, 1.807) is 19.2 Å². The van der Waals surface area contributed by atoms with Gasteiger partial charge in [-0.05, 0) is 25.5 Å². The van der Waals surface area contributed by atoms with Crippen molar-refractivity contribution >= 4 is 5.95 Å². The molecule has 0 atom stereocenters. The van der Waals surface area contributed by atoms with Crippen LogP contribution in [0.15, 0.2) is 31.0 Å². The lowest BCUT2D eigenvalue weighted by atomic mass is 10.2. The highest BCUT2D eigenvalue weighted by Crippen LogP contribution is 2.22. The molecule has 2 rings (SSSR count). The first-order valence-electron chi connectivity index (χ1n) is 5.89. The Balaban J connectivity index is 2.52. The Morgan fingerprint density at radius 3 is 2.74 bits per heavy atom. The molecule has 19 heavy (non-hydrogen) atoms. The molecule has 0 unspecified atom stereocenters. The van der Waals surface area contributed by atoms with Crippen LogP contribution in [0.4, 0.5) is 14.7 Å². The molecule has 0 radical (unpaired) electrons. The molecule has 0 fully saturated rings. The summed E-state index contributed by atoms with van der Waals surface area (Å²) in [4.78, 5) is 4.23. The molecule has 2 aromatic rings. The minimum absolute atomic E-state index is 0.135. The average molecular weight is 263 g/mol. The van der Waals surface area contributed by atoms with Crippen LogP contribution in [-0.2, 0) is 0 Å². The van der Waals surface area contributed by atoms with Crippen molar-refractivity contribution < 1.29 is 8.78 Å². The van der Waals surface area contributed by atoms with Gasteiger partial charge in [-0.15, -0.1) is 6.58 Å². The highest BCUT2D eigenvalue weighted by atomic mass is 19.1. The summed E-state index contributed by atoms with van der Waals surface area (Å²) in [6, 6.07) is 2.35. The van der Waals surface area contributed by atoms with E-state index in [0.29, 0.717) is 18.2 Å². The van der Waals surface area contributed by atoms with Gasteiger partial charge in [0.15, 0.2) is 0 Å². The number of hydrogen-bond donors (Lipinski definition) is 1. The summed E-state index contributed by atoms with van der Waals surface area (Å²) in [6.07, 6.45) is 3.32.